The Kier molecular flexibility index (Phi) is 4.05. The van der Waals surface area contributed by atoms with Crippen molar-refractivity contribution in [3.63, 3.8) is 0 Å². The maximum Gasteiger partial charge on any atom is 0.111 e. The molecule has 0 saturated carbocycles. The number of hydrogen-bond donors (Lipinski definition) is 2. The number of nitrogens with zero attached hydrogens (tertiary/aromatic N) is 2. The molecule has 1 atom stereocenters. The number of thiophene rings is 1. The van der Waals surface area contributed by atoms with Crippen LogP contribution in [-0.2, 0) is 19.9 Å². The standard InChI is InChI=1S/C16H20N4S/c1-3-11-8-9-21-16(11)13(19-17)10-15-18-12-6-4-5-7-14(12)20(15)2/h4-9,13,19H,3,10,17H2,1-2H3. The fourth-order valence-electron chi connectivity index (χ4n) is 2.73. The molecule has 0 aliphatic heterocycles. The molecule has 1 unspecified atom stereocenters. The fraction of sp³-hybridized carbons (Fsp3) is 0.312. The highest BCUT2D eigenvalue weighted by atomic mass is 32.1. The number of para-hydroxylation sites is 2. The molecule has 3 rings (SSSR count). The second-order valence-corrected chi connectivity index (χ2v) is 6.11. The first-order valence-electron chi connectivity index (χ1n) is 7.17. The molecule has 2 aromatic heterocycles. The van der Waals surface area contributed by atoms with Gasteiger partial charge in [0, 0.05) is 18.3 Å². The third-order valence-electron chi connectivity index (χ3n) is 3.95. The van der Waals surface area contributed by atoms with Crippen molar-refractivity contribution in [3.8, 4) is 0 Å². The number of rotatable bonds is 5. The first-order chi connectivity index (χ1) is 10.2. The van der Waals surface area contributed by atoms with Crippen molar-refractivity contribution in [2.75, 3.05) is 0 Å². The monoisotopic (exact) mass is 300 g/mol. The van der Waals surface area contributed by atoms with Crippen molar-refractivity contribution in [1.29, 1.82) is 0 Å². The molecule has 0 spiro atoms. The quantitative estimate of drug-likeness (QED) is 0.562. The number of nitrogens with one attached hydrogen (secondary N) is 1. The topological polar surface area (TPSA) is 55.9 Å². The maximum atomic E-state index is 5.80. The van der Waals surface area contributed by atoms with Gasteiger partial charge in [0.2, 0.25) is 0 Å². The van der Waals surface area contributed by atoms with Crippen molar-refractivity contribution >= 4 is 22.4 Å². The number of benzene rings is 1. The van der Waals surface area contributed by atoms with Gasteiger partial charge in [-0.05, 0) is 35.6 Å². The molecular formula is C16H20N4S. The molecule has 0 aliphatic carbocycles. The number of aromatic nitrogens is 2. The van der Waals surface area contributed by atoms with Crippen molar-refractivity contribution in [1.82, 2.24) is 15.0 Å². The van der Waals surface area contributed by atoms with Crippen LogP contribution in [0.5, 0.6) is 0 Å². The molecule has 0 saturated heterocycles. The molecular weight excluding hydrogens is 280 g/mol. The van der Waals surface area contributed by atoms with E-state index in [2.05, 4.69) is 41.5 Å². The highest BCUT2D eigenvalue weighted by Crippen LogP contribution is 2.28. The molecule has 4 nitrogen and oxygen atoms in total. The van der Waals surface area contributed by atoms with Crippen LogP contribution >= 0.6 is 11.3 Å². The largest absolute Gasteiger partial charge is 0.331 e. The summed E-state index contributed by atoms with van der Waals surface area (Å²) >= 11 is 1.76. The highest BCUT2D eigenvalue weighted by molar-refractivity contribution is 7.10. The smallest absolute Gasteiger partial charge is 0.111 e. The van der Waals surface area contributed by atoms with Gasteiger partial charge < -0.3 is 4.57 Å². The van der Waals surface area contributed by atoms with E-state index in [1.54, 1.807) is 11.3 Å². The van der Waals surface area contributed by atoms with E-state index in [0.717, 1.165) is 29.7 Å². The SMILES string of the molecule is CCc1ccsc1C(Cc1nc2ccccc2n1C)NN. The van der Waals surface area contributed by atoms with E-state index in [1.807, 2.05) is 18.2 Å². The van der Waals surface area contributed by atoms with E-state index in [1.165, 1.54) is 10.4 Å². The Bertz CT molecular complexity index is 744. The van der Waals surface area contributed by atoms with E-state index < -0.39 is 0 Å². The number of hydrogen-bond acceptors (Lipinski definition) is 4. The zero-order valence-corrected chi connectivity index (χ0v) is 13.2. The van der Waals surface area contributed by atoms with Gasteiger partial charge in [0.05, 0.1) is 17.1 Å². The average Bonchev–Trinajstić information content (AvgIpc) is 3.10. The molecule has 110 valence electrons. The Morgan fingerprint density at radius 1 is 1.33 bits per heavy atom. The third kappa shape index (κ3) is 2.60. The van der Waals surface area contributed by atoms with Crippen LogP contribution in [0.1, 0.15) is 29.2 Å². The predicted octanol–water partition coefficient (Wildman–Crippen LogP) is 2.94. The van der Waals surface area contributed by atoms with Crippen LogP contribution in [0.4, 0.5) is 0 Å². The zero-order chi connectivity index (χ0) is 14.8. The second-order valence-electron chi connectivity index (χ2n) is 5.16. The van der Waals surface area contributed by atoms with Crippen molar-refractivity contribution < 1.29 is 0 Å². The molecule has 0 fully saturated rings. The van der Waals surface area contributed by atoms with Crippen LogP contribution in [-0.4, -0.2) is 9.55 Å². The summed E-state index contributed by atoms with van der Waals surface area (Å²) in [5.74, 6) is 6.85. The Hall–Kier alpha value is -1.69. The average molecular weight is 300 g/mol. The molecule has 3 N–H and O–H groups in total. The molecule has 3 aromatic rings. The van der Waals surface area contributed by atoms with Gasteiger partial charge in [-0.2, -0.15) is 0 Å². The molecule has 0 radical (unpaired) electrons. The van der Waals surface area contributed by atoms with Crippen LogP contribution in [0.15, 0.2) is 35.7 Å². The number of nitrogens with two attached hydrogens (primary N) is 1. The lowest BCUT2D eigenvalue weighted by molar-refractivity contribution is 0.536. The van der Waals surface area contributed by atoms with Crippen LogP contribution in [0, 0.1) is 0 Å². The van der Waals surface area contributed by atoms with E-state index in [-0.39, 0.29) is 6.04 Å². The Balaban J connectivity index is 1.94. The summed E-state index contributed by atoms with van der Waals surface area (Å²) in [6.07, 6.45) is 1.81. The molecule has 0 bridgehead atoms. The summed E-state index contributed by atoms with van der Waals surface area (Å²) < 4.78 is 2.15. The Morgan fingerprint density at radius 2 is 2.14 bits per heavy atom. The normalized spacial score (nSPS) is 12.9. The minimum atomic E-state index is 0.107. The molecule has 0 aliphatic rings. The van der Waals surface area contributed by atoms with Crippen molar-refractivity contribution in [2.24, 2.45) is 12.9 Å². The van der Waals surface area contributed by atoms with Gasteiger partial charge in [-0.3, -0.25) is 11.3 Å². The summed E-state index contributed by atoms with van der Waals surface area (Å²) in [4.78, 5) is 6.05. The van der Waals surface area contributed by atoms with Gasteiger partial charge in [0.15, 0.2) is 0 Å². The van der Waals surface area contributed by atoms with Gasteiger partial charge in [-0.15, -0.1) is 11.3 Å². The van der Waals surface area contributed by atoms with E-state index in [4.69, 9.17) is 10.8 Å². The van der Waals surface area contributed by atoms with Gasteiger partial charge >= 0.3 is 0 Å². The predicted molar refractivity (Wildman–Crippen MR) is 88.2 cm³/mol. The minimum Gasteiger partial charge on any atom is -0.331 e. The molecule has 21 heavy (non-hydrogen) atoms. The summed E-state index contributed by atoms with van der Waals surface area (Å²) in [5, 5.41) is 2.13. The van der Waals surface area contributed by atoms with Crippen LogP contribution in [0.2, 0.25) is 0 Å². The third-order valence-corrected chi connectivity index (χ3v) is 5.02. The van der Waals surface area contributed by atoms with Gasteiger partial charge in [-0.25, -0.2) is 4.98 Å². The summed E-state index contributed by atoms with van der Waals surface area (Å²) in [6, 6.07) is 10.5. The Labute approximate surface area is 128 Å². The molecule has 0 amide bonds. The minimum absolute atomic E-state index is 0.107. The summed E-state index contributed by atoms with van der Waals surface area (Å²) in [5.41, 5.74) is 6.51. The number of fused-ring (bicyclic) bond motifs is 1. The summed E-state index contributed by atoms with van der Waals surface area (Å²) in [6.45, 7) is 2.17. The summed E-state index contributed by atoms with van der Waals surface area (Å²) in [7, 11) is 2.06. The van der Waals surface area contributed by atoms with Gasteiger partial charge in [0.1, 0.15) is 5.82 Å². The van der Waals surface area contributed by atoms with Crippen LogP contribution in [0.25, 0.3) is 11.0 Å². The molecule has 2 heterocycles. The molecule has 1 aromatic carbocycles. The van der Waals surface area contributed by atoms with E-state index in [9.17, 15) is 0 Å². The molecule has 5 heteroatoms. The Morgan fingerprint density at radius 3 is 2.86 bits per heavy atom. The fourth-order valence-corrected chi connectivity index (χ4v) is 3.79. The number of aryl methyl sites for hydroxylation is 2. The van der Waals surface area contributed by atoms with Crippen molar-refractivity contribution in [2.45, 2.75) is 25.8 Å². The lowest BCUT2D eigenvalue weighted by Gasteiger charge is -2.16. The van der Waals surface area contributed by atoms with Crippen LogP contribution in [0.3, 0.4) is 0 Å². The lowest BCUT2D eigenvalue weighted by Crippen LogP contribution is -2.30. The first-order valence-corrected chi connectivity index (χ1v) is 8.05. The number of imidazole rings is 1. The highest BCUT2D eigenvalue weighted by Gasteiger charge is 2.18. The van der Waals surface area contributed by atoms with E-state index in [0.29, 0.717) is 0 Å². The maximum absolute atomic E-state index is 5.80. The van der Waals surface area contributed by atoms with E-state index >= 15 is 0 Å². The van der Waals surface area contributed by atoms with Crippen molar-refractivity contribution in [3.05, 3.63) is 52.0 Å². The van der Waals surface area contributed by atoms with Gasteiger partial charge in [0.25, 0.3) is 0 Å². The van der Waals surface area contributed by atoms with Crippen LogP contribution < -0.4 is 11.3 Å². The zero-order valence-electron chi connectivity index (χ0n) is 12.3. The van der Waals surface area contributed by atoms with Gasteiger partial charge in [-0.1, -0.05) is 19.1 Å². The first kappa shape index (κ1) is 14.3. The number of hydrazine groups is 1. The second kappa shape index (κ2) is 5.97. The lowest BCUT2D eigenvalue weighted by atomic mass is 10.1.